The molecule has 0 radical (unpaired) electrons. The summed E-state index contributed by atoms with van der Waals surface area (Å²) < 4.78 is 13.0. The van der Waals surface area contributed by atoms with E-state index in [1.54, 1.807) is 23.1 Å². The number of hydrogen-bond acceptors (Lipinski definition) is 5. The third kappa shape index (κ3) is 3.92. The molecule has 0 saturated carbocycles. The summed E-state index contributed by atoms with van der Waals surface area (Å²) in [5.74, 6) is 0.448. The predicted molar refractivity (Wildman–Crippen MR) is 100 cm³/mol. The number of benzene rings is 1. The number of halogens is 1. The van der Waals surface area contributed by atoms with E-state index in [-0.39, 0.29) is 11.7 Å². The fourth-order valence-corrected chi connectivity index (χ4v) is 3.14. The second-order valence-corrected chi connectivity index (χ2v) is 6.20. The van der Waals surface area contributed by atoms with Crippen LogP contribution in [-0.4, -0.2) is 60.3 Å². The van der Waals surface area contributed by atoms with Crippen molar-refractivity contribution in [3.05, 3.63) is 47.9 Å². The van der Waals surface area contributed by atoms with Gasteiger partial charge in [-0.3, -0.25) is 4.79 Å². The number of nitrogens with zero attached hydrogens (tertiary/aromatic N) is 5. The van der Waals surface area contributed by atoms with Gasteiger partial charge in [0.1, 0.15) is 5.82 Å². The van der Waals surface area contributed by atoms with E-state index in [9.17, 15) is 9.18 Å². The maximum absolute atomic E-state index is 13.0. The first-order valence-electron chi connectivity index (χ1n) is 9.00. The van der Waals surface area contributed by atoms with E-state index in [1.807, 2.05) is 6.07 Å². The third-order valence-electron chi connectivity index (χ3n) is 4.72. The molecule has 1 saturated heterocycles. The SMILES string of the molecule is CCN(CC)c1ccc(C(=O)N2CCN(c3ccc(F)cc3)CC2)nn1. The van der Waals surface area contributed by atoms with Crippen LogP contribution >= 0.6 is 0 Å². The molecule has 1 aromatic heterocycles. The number of hydrogen-bond donors (Lipinski definition) is 0. The molecule has 0 atom stereocenters. The van der Waals surface area contributed by atoms with Gasteiger partial charge in [0.15, 0.2) is 11.5 Å². The minimum absolute atomic E-state index is 0.0950. The molecule has 0 bridgehead atoms. The lowest BCUT2D eigenvalue weighted by molar-refractivity contribution is 0.0739. The van der Waals surface area contributed by atoms with Crippen molar-refractivity contribution < 1.29 is 9.18 Å². The van der Waals surface area contributed by atoms with Crippen molar-refractivity contribution in [3.63, 3.8) is 0 Å². The van der Waals surface area contributed by atoms with Crippen molar-refractivity contribution in [3.8, 4) is 0 Å². The molecule has 6 nitrogen and oxygen atoms in total. The molecule has 0 spiro atoms. The van der Waals surface area contributed by atoms with Crippen LogP contribution in [-0.2, 0) is 0 Å². The van der Waals surface area contributed by atoms with Gasteiger partial charge in [-0.25, -0.2) is 4.39 Å². The van der Waals surface area contributed by atoms with Gasteiger partial charge in [0.25, 0.3) is 5.91 Å². The second-order valence-electron chi connectivity index (χ2n) is 6.20. The quantitative estimate of drug-likeness (QED) is 0.823. The summed E-state index contributed by atoms with van der Waals surface area (Å²) in [5.41, 5.74) is 1.35. The first-order valence-corrected chi connectivity index (χ1v) is 9.00. The molecule has 1 fully saturated rings. The van der Waals surface area contributed by atoms with E-state index in [2.05, 4.69) is 33.8 Å². The number of anilines is 2. The topological polar surface area (TPSA) is 52.6 Å². The Morgan fingerprint density at radius 2 is 1.65 bits per heavy atom. The van der Waals surface area contributed by atoms with E-state index in [0.717, 1.165) is 24.6 Å². The van der Waals surface area contributed by atoms with Crippen molar-refractivity contribution in [2.75, 3.05) is 49.1 Å². The molecule has 0 aliphatic carbocycles. The van der Waals surface area contributed by atoms with E-state index in [4.69, 9.17) is 0 Å². The molecule has 26 heavy (non-hydrogen) atoms. The van der Waals surface area contributed by atoms with Crippen molar-refractivity contribution in [2.45, 2.75) is 13.8 Å². The number of carbonyl (C=O) groups is 1. The van der Waals surface area contributed by atoms with Crippen LogP contribution in [0.4, 0.5) is 15.9 Å². The van der Waals surface area contributed by atoms with Crippen LogP contribution in [0.1, 0.15) is 24.3 Å². The van der Waals surface area contributed by atoms with Gasteiger partial charge in [-0.05, 0) is 50.2 Å². The molecule has 0 unspecified atom stereocenters. The summed E-state index contributed by atoms with van der Waals surface area (Å²) >= 11 is 0. The van der Waals surface area contributed by atoms with Gasteiger partial charge in [0, 0.05) is 45.0 Å². The average molecular weight is 357 g/mol. The number of piperazine rings is 1. The highest BCUT2D eigenvalue weighted by Crippen LogP contribution is 2.18. The van der Waals surface area contributed by atoms with Gasteiger partial charge in [-0.2, -0.15) is 0 Å². The van der Waals surface area contributed by atoms with Crippen LogP contribution in [0.15, 0.2) is 36.4 Å². The number of rotatable bonds is 5. The van der Waals surface area contributed by atoms with Crippen LogP contribution < -0.4 is 9.80 Å². The molecule has 0 N–H and O–H groups in total. The van der Waals surface area contributed by atoms with Gasteiger partial charge >= 0.3 is 0 Å². The van der Waals surface area contributed by atoms with E-state index in [1.165, 1.54) is 12.1 Å². The largest absolute Gasteiger partial charge is 0.368 e. The van der Waals surface area contributed by atoms with Gasteiger partial charge in [0.05, 0.1) is 0 Å². The van der Waals surface area contributed by atoms with Crippen LogP contribution in [0.25, 0.3) is 0 Å². The lowest BCUT2D eigenvalue weighted by Crippen LogP contribution is -2.49. The molecule has 1 aliphatic rings. The highest BCUT2D eigenvalue weighted by atomic mass is 19.1. The van der Waals surface area contributed by atoms with E-state index >= 15 is 0 Å². The van der Waals surface area contributed by atoms with Crippen molar-refractivity contribution >= 4 is 17.4 Å². The molecular formula is C19H24FN5O. The normalized spacial score (nSPS) is 14.4. The van der Waals surface area contributed by atoms with Gasteiger partial charge in [-0.1, -0.05) is 0 Å². The smallest absolute Gasteiger partial charge is 0.274 e. The Bertz CT molecular complexity index is 723. The molecular weight excluding hydrogens is 333 g/mol. The Balaban J connectivity index is 1.60. The number of amides is 1. The van der Waals surface area contributed by atoms with Gasteiger partial charge < -0.3 is 14.7 Å². The molecule has 3 rings (SSSR count). The highest BCUT2D eigenvalue weighted by Gasteiger charge is 2.23. The number of carbonyl (C=O) groups excluding carboxylic acids is 1. The maximum atomic E-state index is 13.0. The first kappa shape index (κ1) is 18.1. The summed E-state index contributed by atoms with van der Waals surface area (Å²) in [6.07, 6.45) is 0. The molecule has 7 heteroatoms. The Labute approximate surface area is 153 Å². The van der Waals surface area contributed by atoms with Crippen molar-refractivity contribution in [1.29, 1.82) is 0 Å². The zero-order chi connectivity index (χ0) is 18.5. The minimum atomic E-state index is -0.241. The maximum Gasteiger partial charge on any atom is 0.274 e. The first-order chi connectivity index (χ1) is 12.6. The lowest BCUT2D eigenvalue weighted by atomic mass is 10.2. The van der Waals surface area contributed by atoms with Gasteiger partial charge in [0.2, 0.25) is 0 Å². The average Bonchev–Trinajstić information content (AvgIpc) is 2.70. The molecule has 1 amide bonds. The van der Waals surface area contributed by atoms with Crippen LogP contribution in [0, 0.1) is 5.82 Å². The van der Waals surface area contributed by atoms with Crippen LogP contribution in [0.5, 0.6) is 0 Å². The molecule has 1 aliphatic heterocycles. The zero-order valence-electron chi connectivity index (χ0n) is 15.2. The Morgan fingerprint density at radius 1 is 1.00 bits per heavy atom. The summed E-state index contributed by atoms with van der Waals surface area (Å²) in [6.45, 7) is 8.46. The fourth-order valence-electron chi connectivity index (χ4n) is 3.14. The third-order valence-corrected chi connectivity index (χ3v) is 4.72. The summed E-state index contributed by atoms with van der Waals surface area (Å²) in [5, 5.41) is 8.31. The monoisotopic (exact) mass is 357 g/mol. The molecule has 2 heterocycles. The summed E-state index contributed by atoms with van der Waals surface area (Å²) in [7, 11) is 0. The minimum Gasteiger partial charge on any atom is -0.368 e. The lowest BCUT2D eigenvalue weighted by Gasteiger charge is -2.36. The van der Waals surface area contributed by atoms with Crippen molar-refractivity contribution in [2.24, 2.45) is 0 Å². The van der Waals surface area contributed by atoms with Gasteiger partial charge in [-0.15, -0.1) is 10.2 Å². The van der Waals surface area contributed by atoms with E-state index in [0.29, 0.717) is 31.9 Å². The van der Waals surface area contributed by atoms with Crippen LogP contribution in [0.3, 0.4) is 0 Å². The second kappa shape index (κ2) is 8.12. The summed E-state index contributed by atoms with van der Waals surface area (Å²) in [4.78, 5) is 18.7. The van der Waals surface area contributed by atoms with Crippen molar-refractivity contribution in [1.82, 2.24) is 15.1 Å². The zero-order valence-corrected chi connectivity index (χ0v) is 15.2. The molecule has 138 valence electrons. The summed E-state index contributed by atoms with van der Waals surface area (Å²) in [6, 6.07) is 10.0. The predicted octanol–water partition coefficient (Wildman–Crippen LogP) is 2.42. The van der Waals surface area contributed by atoms with Crippen LogP contribution in [0.2, 0.25) is 0 Å². The van der Waals surface area contributed by atoms with E-state index < -0.39 is 0 Å². The highest BCUT2D eigenvalue weighted by molar-refractivity contribution is 5.92. The fraction of sp³-hybridized carbons (Fsp3) is 0.421. The Kier molecular flexibility index (Phi) is 5.65. The number of aromatic nitrogens is 2. The standard InChI is InChI=1S/C19H24FN5O/c1-3-23(4-2)18-10-9-17(21-22-18)19(26)25-13-11-24(12-14-25)16-7-5-15(20)6-8-16/h5-10H,3-4,11-14H2,1-2H3. The molecule has 1 aromatic carbocycles. The molecule has 2 aromatic rings. The Morgan fingerprint density at radius 3 is 2.19 bits per heavy atom. The Hall–Kier alpha value is -2.70.